The molecule has 3 rings (SSSR count). The maximum Gasteiger partial charge on any atom is 0.149 e. The Balaban J connectivity index is 1.71. The van der Waals surface area contributed by atoms with Crippen LogP contribution < -0.4 is 10.6 Å². The van der Waals surface area contributed by atoms with Crippen LogP contribution in [0.5, 0.6) is 0 Å². The third-order valence-electron chi connectivity index (χ3n) is 3.58. The second-order valence-electron chi connectivity index (χ2n) is 5.32. The molecular weight excluding hydrogens is 310 g/mol. The van der Waals surface area contributed by atoms with Gasteiger partial charge in [-0.3, -0.25) is 0 Å². The molecule has 0 aliphatic heterocycles. The standard InChI is InChI=1S/C18H16F2N4/c1-12-4-2-3-5-13(12)10-21-17-9-18(23-11-22-17)24-16-7-6-14(19)8-15(16)20/h2-9,11H,10H2,1H3,(H2,21,22,23,24). The number of rotatable bonds is 5. The van der Waals surface area contributed by atoms with Crippen molar-refractivity contribution >= 4 is 17.3 Å². The molecule has 0 fully saturated rings. The highest BCUT2D eigenvalue weighted by atomic mass is 19.1. The average molecular weight is 326 g/mol. The van der Waals surface area contributed by atoms with Crippen LogP contribution in [-0.4, -0.2) is 9.97 Å². The van der Waals surface area contributed by atoms with E-state index in [9.17, 15) is 8.78 Å². The molecule has 0 saturated heterocycles. The number of anilines is 3. The normalized spacial score (nSPS) is 10.5. The van der Waals surface area contributed by atoms with Gasteiger partial charge in [0.15, 0.2) is 0 Å². The van der Waals surface area contributed by atoms with E-state index in [1.54, 1.807) is 6.07 Å². The Morgan fingerprint density at radius 2 is 1.75 bits per heavy atom. The van der Waals surface area contributed by atoms with Gasteiger partial charge in [-0.25, -0.2) is 18.7 Å². The molecule has 0 aliphatic carbocycles. The Labute approximate surface area is 138 Å². The van der Waals surface area contributed by atoms with Crippen LogP contribution in [-0.2, 0) is 6.54 Å². The maximum absolute atomic E-state index is 13.7. The summed E-state index contributed by atoms with van der Waals surface area (Å²) in [4.78, 5) is 8.19. The van der Waals surface area contributed by atoms with Crippen molar-refractivity contribution in [3.63, 3.8) is 0 Å². The highest BCUT2D eigenvalue weighted by molar-refractivity contribution is 5.59. The summed E-state index contributed by atoms with van der Waals surface area (Å²) in [7, 11) is 0. The molecule has 0 bridgehead atoms. The molecule has 0 amide bonds. The molecule has 6 heteroatoms. The van der Waals surface area contributed by atoms with Crippen LogP contribution in [0.1, 0.15) is 11.1 Å². The molecule has 0 atom stereocenters. The van der Waals surface area contributed by atoms with Crippen LogP contribution in [0.15, 0.2) is 54.9 Å². The zero-order valence-corrected chi connectivity index (χ0v) is 13.1. The fourth-order valence-electron chi connectivity index (χ4n) is 2.25. The van der Waals surface area contributed by atoms with E-state index in [0.29, 0.717) is 18.2 Å². The van der Waals surface area contributed by atoms with Gasteiger partial charge in [-0.05, 0) is 30.2 Å². The molecule has 0 unspecified atom stereocenters. The molecule has 24 heavy (non-hydrogen) atoms. The van der Waals surface area contributed by atoms with E-state index in [-0.39, 0.29) is 5.69 Å². The molecule has 0 spiro atoms. The van der Waals surface area contributed by atoms with Gasteiger partial charge in [0.25, 0.3) is 0 Å². The lowest BCUT2D eigenvalue weighted by molar-refractivity contribution is 0.586. The predicted octanol–water partition coefficient (Wildman–Crippen LogP) is 4.42. The van der Waals surface area contributed by atoms with E-state index in [1.165, 1.54) is 24.0 Å². The monoisotopic (exact) mass is 326 g/mol. The van der Waals surface area contributed by atoms with Gasteiger partial charge in [-0.15, -0.1) is 0 Å². The topological polar surface area (TPSA) is 49.8 Å². The van der Waals surface area contributed by atoms with Crippen LogP contribution in [0.3, 0.4) is 0 Å². The van der Waals surface area contributed by atoms with E-state index in [0.717, 1.165) is 11.6 Å². The highest BCUT2D eigenvalue weighted by Gasteiger charge is 2.06. The van der Waals surface area contributed by atoms with Crippen molar-refractivity contribution in [2.24, 2.45) is 0 Å². The Bertz CT molecular complexity index is 852. The minimum Gasteiger partial charge on any atom is -0.366 e. The summed E-state index contributed by atoms with van der Waals surface area (Å²) >= 11 is 0. The molecule has 0 aliphatic rings. The number of halogens is 2. The van der Waals surface area contributed by atoms with E-state index in [4.69, 9.17) is 0 Å². The number of aryl methyl sites for hydroxylation is 1. The first-order chi connectivity index (χ1) is 11.6. The zero-order valence-electron chi connectivity index (χ0n) is 13.1. The van der Waals surface area contributed by atoms with Crippen molar-refractivity contribution in [3.05, 3.63) is 77.6 Å². The van der Waals surface area contributed by atoms with Gasteiger partial charge in [-0.2, -0.15) is 0 Å². The van der Waals surface area contributed by atoms with Gasteiger partial charge < -0.3 is 10.6 Å². The van der Waals surface area contributed by atoms with Gasteiger partial charge >= 0.3 is 0 Å². The third-order valence-corrected chi connectivity index (χ3v) is 3.58. The van der Waals surface area contributed by atoms with Crippen LogP contribution in [0, 0.1) is 18.6 Å². The highest BCUT2D eigenvalue weighted by Crippen LogP contribution is 2.20. The minimum absolute atomic E-state index is 0.153. The van der Waals surface area contributed by atoms with E-state index >= 15 is 0 Å². The SMILES string of the molecule is Cc1ccccc1CNc1cc(Nc2ccc(F)cc2F)ncn1. The second-order valence-corrected chi connectivity index (χ2v) is 5.32. The Morgan fingerprint density at radius 1 is 0.958 bits per heavy atom. The Morgan fingerprint density at radius 3 is 2.54 bits per heavy atom. The smallest absolute Gasteiger partial charge is 0.149 e. The predicted molar refractivity (Wildman–Crippen MR) is 90.2 cm³/mol. The molecule has 4 nitrogen and oxygen atoms in total. The van der Waals surface area contributed by atoms with Gasteiger partial charge in [0, 0.05) is 18.7 Å². The second kappa shape index (κ2) is 7.04. The summed E-state index contributed by atoms with van der Waals surface area (Å²) in [5.74, 6) is -0.273. The molecule has 0 saturated carbocycles. The van der Waals surface area contributed by atoms with E-state index in [2.05, 4.69) is 20.6 Å². The largest absolute Gasteiger partial charge is 0.366 e. The lowest BCUT2D eigenvalue weighted by Gasteiger charge is -2.10. The number of nitrogens with zero attached hydrogens (tertiary/aromatic N) is 2. The van der Waals surface area contributed by atoms with Crippen LogP contribution in [0.4, 0.5) is 26.1 Å². The van der Waals surface area contributed by atoms with Crippen LogP contribution in [0.25, 0.3) is 0 Å². The first kappa shape index (κ1) is 15.9. The summed E-state index contributed by atoms with van der Waals surface area (Å²) in [6, 6.07) is 13.0. The summed E-state index contributed by atoms with van der Waals surface area (Å²) < 4.78 is 26.6. The lowest BCUT2D eigenvalue weighted by Crippen LogP contribution is -2.04. The molecule has 1 heterocycles. The summed E-state index contributed by atoms with van der Waals surface area (Å²) in [5, 5.41) is 6.02. The quantitative estimate of drug-likeness (QED) is 0.729. The van der Waals surface area contributed by atoms with Gasteiger partial charge in [0.1, 0.15) is 29.6 Å². The van der Waals surface area contributed by atoms with E-state index in [1.807, 2.05) is 31.2 Å². The molecular formula is C18H16F2N4. The summed E-state index contributed by atoms with van der Waals surface area (Å²) in [5.41, 5.74) is 2.50. The Kier molecular flexibility index (Phi) is 4.65. The molecule has 2 N–H and O–H groups in total. The minimum atomic E-state index is -0.678. The van der Waals surface area contributed by atoms with Crippen molar-refractivity contribution in [1.82, 2.24) is 9.97 Å². The maximum atomic E-state index is 13.7. The summed E-state index contributed by atoms with van der Waals surface area (Å²) in [6.45, 7) is 2.66. The van der Waals surface area contributed by atoms with E-state index < -0.39 is 11.6 Å². The van der Waals surface area contributed by atoms with Crippen LogP contribution in [0.2, 0.25) is 0 Å². The van der Waals surface area contributed by atoms with Crippen molar-refractivity contribution in [2.45, 2.75) is 13.5 Å². The zero-order chi connectivity index (χ0) is 16.9. The summed E-state index contributed by atoms with van der Waals surface area (Å²) in [6.07, 6.45) is 1.38. The fourth-order valence-corrected chi connectivity index (χ4v) is 2.25. The average Bonchev–Trinajstić information content (AvgIpc) is 2.57. The van der Waals surface area contributed by atoms with Crippen LogP contribution >= 0.6 is 0 Å². The molecule has 122 valence electrons. The number of nitrogens with one attached hydrogen (secondary N) is 2. The van der Waals surface area contributed by atoms with Gasteiger partial charge in [-0.1, -0.05) is 24.3 Å². The first-order valence-electron chi connectivity index (χ1n) is 7.44. The molecule has 3 aromatic rings. The number of aromatic nitrogens is 2. The third kappa shape index (κ3) is 3.84. The Hall–Kier alpha value is -3.02. The van der Waals surface area contributed by atoms with Gasteiger partial charge in [0.2, 0.25) is 0 Å². The van der Waals surface area contributed by atoms with Gasteiger partial charge in [0.05, 0.1) is 5.69 Å². The fraction of sp³-hybridized carbons (Fsp3) is 0.111. The molecule has 2 aromatic carbocycles. The van der Waals surface area contributed by atoms with Crippen molar-refractivity contribution in [2.75, 3.05) is 10.6 Å². The molecule has 0 radical (unpaired) electrons. The lowest BCUT2D eigenvalue weighted by atomic mass is 10.1. The number of hydrogen-bond acceptors (Lipinski definition) is 4. The first-order valence-corrected chi connectivity index (χ1v) is 7.44. The molecule has 1 aromatic heterocycles. The number of benzene rings is 2. The number of hydrogen-bond donors (Lipinski definition) is 2. The van der Waals surface area contributed by atoms with Crippen molar-refractivity contribution in [1.29, 1.82) is 0 Å². The van der Waals surface area contributed by atoms with Crippen molar-refractivity contribution < 1.29 is 8.78 Å². The van der Waals surface area contributed by atoms with Crippen molar-refractivity contribution in [3.8, 4) is 0 Å².